The van der Waals surface area contributed by atoms with Gasteiger partial charge < -0.3 is 0 Å². The monoisotopic (exact) mass is 418 g/mol. The molecule has 8 nitrogen and oxygen atoms in total. The van der Waals surface area contributed by atoms with Crippen molar-refractivity contribution in [2.75, 3.05) is 6.54 Å². The molecule has 144 valence electrons. The first-order chi connectivity index (χ1) is 13.5. The minimum atomic E-state index is -3.72. The number of nitrogens with zero attached hydrogens (tertiary/aromatic N) is 4. The number of fused-ring (bicyclic) bond motifs is 1. The predicted molar refractivity (Wildman–Crippen MR) is 102 cm³/mol. The Morgan fingerprint density at radius 2 is 1.93 bits per heavy atom. The molecule has 4 rings (SSSR count). The van der Waals surface area contributed by atoms with Crippen molar-refractivity contribution in [3.05, 3.63) is 65.5 Å². The zero-order chi connectivity index (χ0) is 19.6. The molecule has 0 fully saturated rings. The molecule has 2 N–H and O–H groups in total. The van der Waals surface area contributed by atoms with E-state index in [9.17, 15) is 12.8 Å². The molecule has 4 aromatic rings. The van der Waals surface area contributed by atoms with Gasteiger partial charge in [-0.05, 0) is 29.8 Å². The van der Waals surface area contributed by atoms with E-state index in [0.717, 1.165) is 17.3 Å². The molecule has 0 unspecified atom stereocenters. The van der Waals surface area contributed by atoms with Crippen molar-refractivity contribution >= 4 is 32.8 Å². The summed E-state index contributed by atoms with van der Waals surface area (Å²) in [7, 11) is -3.72. The predicted octanol–water partition coefficient (Wildman–Crippen LogP) is 2.06. The topological polar surface area (TPSA) is 114 Å². The molecular formula is C17H15FN6O2S2. The molecule has 0 radical (unpaired) electrons. The number of aromatic nitrogens is 5. The van der Waals surface area contributed by atoms with Crippen molar-refractivity contribution in [3.8, 4) is 0 Å². The average Bonchev–Trinajstić information content (AvgIpc) is 3.32. The summed E-state index contributed by atoms with van der Waals surface area (Å²) in [6.07, 6.45) is 0.808. The second-order valence-electron chi connectivity index (χ2n) is 6.04. The quantitative estimate of drug-likeness (QED) is 0.475. The van der Waals surface area contributed by atoms with Crippen LogP contribution in [-0.4, -0.2) is 38.9 Å². The lowest BCUT2D eigenvalue weighted by molar-refractivity contribution is 0.581. The minimum Gasteiger partial charge on any atom is -0.263 e. The minimum absolute atomic E-state index is 0.103. The van der Waals surface area contributed by atoms with Crippen LogP contribution in [-0.2, 0) is 22.9 Å². The Hall–Kier alpha value is -2.76. The van der Waals surface area contributed by atoms with Crippen LogP contribution >= 0.6 is 11.7 Å². The van der Waals surface area contributed by atoms with Crippen molar-refractivity contribution in [2.24, 2.45) is 0 Å². The number of hydrogen-bond acceptors (Lipinski definition) is 7. The molecule has 2 aromatic heterocycles. The van der Waals surface area contributed by atoms with Crippen molar-refractivity contribution in [2.45, 2.75) is 17.7 Å². The summed E-state index contributed by atoms with van der Waals surface area (Å²) in [5.74, 6) is 0.828. The second kappa shape index (κ2) is 7.70. The summed E-state index contributed by atoms with van der Waals surface area (Å²) in [5, 5.41) is 6.92. The molecule has 2 aromatic carbocycles. The van der Waals surface area contributed by atoms with Crippen LogP contribution in [0.1, 0.15) is 17.2 Å². The summed E-state index contributed by atoms with van der Waals surface area (Å²) in [4.78, 5) is 4.45. The first kappa shape index (κ1) is 18.6. The average molecular weight is 418 g/mol. The number of hydrogen-bond donors (Lipinski definition) is 2. The number of nitrogens with one attached hydrogen (secondary N) is 2. The van der Waals surface area contributed by atoms with Gasteiger partial charge in [-0.2, -0.15) is 13.8 Å². The lowest BCUT2D eigenvalue weighted by atomic mass is 10.1. The molecule has 11 heteroatoms. The van der Waals surface area contributed by atoms with E-state index in [1.54, 1.807) is 24.3 Å². The number of H-pyrrole nitrogens is 1. The van der Waals surface area contributed by atoms with Gasteiger partial charge in [0.15, 0.2) is 5.82 Å². The van der Waals surface area contributed by atoms with Gasteiger partial charge in [0.2, 0.25) is 10.0 Å². The van der Waals surface area contributed by atoms with Crippen molar-refractivity contribution in [1.29, 1.82) is 0 Å². The Kier molecular flexibility index (Phi) is 5.11. The van der Waals surface area contributed by atoms with Gasteiger partial charge in [0.05, 0.1) is 11.7 Å². The molecule has 0 spiro atoms. The highest BCUT2D eigenvalue weighted by atomic mass is 32.2. The van der Waals surface area contributed by atoms with Gasteiger partial charge in [0.1, 0.15) is 27.6 Å². The number of halogens is 1. The Balaban J connectivity index is 1.38. The normalized spacial score (nSPS) is 11.9. The second-order valence-corrected chi connectivity index (χ2v) is 8.30. The number of aromatic amines is 1. The third kappa shape index (κ3) is 4.06. The first-order valence-electron chi connectivity index (χ1n) is 8.37. The summed E-state index contributed by atoms with van der Waals surface area (Å²) in [5.41, 5.74) is 1.81. The van der Waals surface area contributed by atoms with E-state index in [1.807, 2.05) is 0 Å². The van der Waals surface area contributed by atoms with Gasteiger partial charge in [-0.3, -0.25) is 5.10 Å². The summed E-state index contributed by atoms with van der Waals surface area (Å²) in [6.45, 7) is 0.143. The molecule has 0 aliphatic heterocycles. The summed E-state index contributed by atoms with van der Waals surface area (Å²) >= 11 is 0.971. The van der Waals surface area contributed by atoms with Crippen LogP contribution < -0.4 is 4.72 Å². The van der Waals surface area contributed by atoms with Crippen LogP contribution in [0, 0.1) is 5.82 Å². The van der Waals surface area contributed by atoms with Crippen LogP contribution in [0.4, 0.5) is 4.39 Å². The van der Waals surface area contributed by atoms with Crippen molar-refractivity contribution < 1.29 is 12.8 Å². The molecule has 0 amide bonds. The molecule has 0 aliphatic rings. The highest BCUT2D eigenvalue weighted by molar-refractivity contribution is 7.89. The van der Waals surface area contributed by atoms with Crippen molar-refractivity contribution in [3.63, 3.8) is 0 Å². The highest BCUT2D eigenvalue weighted by Crippen LogP contribution is 2.20. The maximum absolute atomic E-state index is 13.0. The number of rotatable bonds is 7. The molecule has 0 aliphatic carbocycles. The van der Waals surface area contributed by atoms with E-state index in [4.69, 9.17) is 0 Å². The largest absolute Gasteiger partial charge is 0.263 e. The maximum atomic E-state index is 13.0. The van der Waals surface area contributed by atoms with E-state index in [1.165, 1.54) is 18.2 Å². The lowest BCUT2D eigenvalue weighted by Crippen LogP contribution is -2.26. The first-order valence-corrected chi connectivity index (χ1v) is 10.6. The molecule has 2 heterocycles. The SMILES string of the molecule is O=S(=O)(NCCc1n[nH]c(Cc2ccc(F)cc2)n1)c1cccc2nsnc12. The van der Waals surface area contributed by atoms with Crippen LogP contribution in [0.2, 0.25) is 0 Å². The van der Waals surface area contributed by atoms with E-state index < -0.39 is 10.0 Å². The Labute approximate surface area is 164 Å². The third-order valence-corrected chi connectivity index (χ3v) is 6.08. The number of benzene rings is 2. The Morgan fingerprint density at radius 3 is 2.75 bits per heavy atom. The third-order valence-electron chi connectivity index (χ3n) is 4.04. The van der Waals surface area contributed by atoms with Gasteiger partial charge in [-0.25, -0.2) is 22.5 Å². The standard InChI is InChI=1S/C17H15FN6O2S2/c18-12-6-4-11(5-7-12)10-16-20-15(21-22-16)8-9-19-28(25,26)14-3-1-2-13-17(14)24-27-23-13/h1-7,19H,8-10H2,(H,20,21,22). The smallest absolute Gasteiger partial charge is 0.242 e. The Morgan fingerprint density at radius 1 is 1.11 bits per heavy atom. The molecule has 0 saturated carbocycles. The van der Waals surface area contributed by atoms with Gasteiger partial charge in [0.25, 0.3) is 0 Å². The van der Waals surface area contributed by atoms with E-state index in [2.05, 4.69) is 28.7 Å². The zero-order valence-corrected chi connectivity index (χ0v) is 16.1. The Bertz CT molecular complexity index is 1200. The molecule has 28 heavy (non-hydrogen) atoms. The molecular weight excluding hydrogens is 403 g/mol. The van der Waals surface area contributed by atoms with Crippen LogP contribution in [0.25, 0.3) is 11.0 Å². The van der Waals surface area contributed by atoms with Gasteiger partial charge in [-0.1, -0.05) is 18.2 Å². The highest BCUT2D eigenvalue weighted by Gasteiger charge is 2.19. The van der Waals surface area contributed by atoms with Crippen LogP contribution in [0.15, 0.2) is 47.4 Å². The molecule has 0 bridgehead atoms. The van der Waals surface area contributed by atoms with Crippen LogP contribution in [0.5, 0.6) is 0 Å². The fraction of sp³-hybridized carbons (Fsp3) is 0.176. The lowest BCUT2D eigenvalue weighted by Gasteiger charge is -2.05. The van der Waals surface area contributed by atoms with Crippen LogP contribution in [0.3, 0.4) is 0 Å². The van der Waals surface area contributed by atoms with E-state index in [-0.39, 0.29) is 17.3 Å². The molecule has 0 atom stereocenters. The van der Waals surface area contributed by atoms with Gasteiger partial charge in [0, 0.05) is 19.4 Å². The van der Waals surface area contributed by atoms with E-state index >= 15 is 0 Å². The zero-order valence-electron chi connectivity index (χ0n) is 14.5. The van der Waals surface area contributed by atoms with Gasteiger partial charge >= 0.3 is 0 Å². The summed E-state index contributed by atoms with van der Waals surface area (Å²) < 4.78 is 48.7. The maximum Gasteiger partial charge on any atom is 0.242 e. The summed E-state index contributed by atoms with van der Waals surface area (Å²) in [6, 6.07) is 11.0. The molecule has 0 saturated heterocycles. The fourth-order valence-corrected chi connectivity index (χ4v) is 4.49. The van der Waals surface area contributed by atoms with Gasteiger partial charge in [-0.15, -0.1) is 0 Å². The van der Waals surface area contributed by atoms with Crippen molar-refractivity contribution in [1.82, 2.24) is 28.7 Å². The fourth-order valence-electron chi connectivity index (χ4n) is 2.69. The number of sulfonamides is 1. The van der Waals surface area contributed by atoms with E-state index in [0.29, 0.717) is 35.5 Å².